The Morgan fingerprint density at radius 2 is 1.94 bits per heavy atom. The van der Waals surface area contributed by atoms with Crippen LogP contribution in [0.4, 0.5) is 5.69 Å². The van der Waals surface area contributed by atoms with Crippen LogP contribution < -0.4 is 11.5 Å². The fourth-order valence-electron chi connectivity index (χ4n) is 2.23. The second-order valence-corrected chi connectivity index (χ2v) is 5.23. The van der Waals surface area contributed by atoms with Crippen molar-refractivity contribution in [3.63, 3.8) is 0 Å². The fourth-order valence-corrected chi connectivity index (χ4v) is 2.81. The van der Waals surface area contributed by atoms with Gasteiger partial charge in [-0.1, -0.05) is 15.9 Å². The molecular weight excluding hydrogens is 320 g/mol. The van der Waals surface area contributed by atoms with Crippen molar-refractivity contribution in [2.24, 2.45) is 11.7 Å². The van der Waals surface area contributed by atoms with Gasteiger partial charge in [0.15, 0.2) is 0 Å². The first kappa shape index (κ1) is 15.6. The van der Waals surface area contributed by atoms with Gasteiger partial charge in [0.1, 0.15) is 5.75 Å². The molecule has 5 N–H and O–H groups in total. The van der Waals surface area contributed by atoms with Crippen molar-refractivity contribution in [3.8, 4) is 5.75 Å². The Labute approximate surface area is 121 Å². The average Bonchev–Trinajstić information content (AvgIpc) is 2.35. The van der Waals surface area contributed by atoms with Crippen molar-refractivity contribution in [1.29, 1.82) is 0 Å². The SMILES string of the molecule is Cl.Nc1ccc(Br)c([C@@H](N)C2CCOCC2)c1O. The lowest BCUT2D eigenvalue weighted by Crippen LogP contribution is -2.27. The van der Waals surface area contributed by atoms with Crippen molar-refractivity contribution in [2.75, 3.05) is 18.9 Å². The largest absolute Gasteiger partial charge is 0.505 e. The highest BCUT2D eigenvalue weighted by Crippen LogP contribution is 2.40. The third-order valence-corrected chi connectivity index (χ3v) is 3.99. The maximum absolute atomic E-state index is 10.0. The summed E-state index contributed by atoms with van der Waals surface area (Å²) < 4.78 is 6.12. The van der Waals surface area contributed by atoms with Crippen LogP contribution in [0.2, 0.25) is 0 Å². The lowest BCUT2D eigenvalue weighted by atomic mass is 9.87. The second kappa shape index (κ2) is 6.61. The molecule has 1 aliphatic heterocycles. The Balaban J connectivity index is 0.00000162. The zero-order valence-corrected chi connectivity index (χ0v) is 12.3. The van der Waals surface area contributed by atoms with Gasteiger partial charge < -0.3 is 21.3 Å². The molecular formula is C12H18BrClN2O2. The molecule has 6 heteroatoms. The van der Waals surface area contributed by atoms with Gasteiger partial charge in [-0.05, 0) is 30.9 Å². The van der Waals surface area contributed by atoms with Crippen molar-refractivity contribution < 1.29 is 9.84 Å². The van der Waals surface area contributed by atoms with E-state index in [1.807, 2.05) is 6.07 Å². The van der Waals surface area contributed by atoms with Crippen LogP contribution in [0, 0.1) is 5.92 Å². The lowest BCUT2D eigenvalue weighted by molar-refractivity contribution is 0.0580. The Morgan fingerprint density at radius 1 is 1.33 bits per heavy atom. The van der Waals surface area contributed by atoms with Crippen LogP contribution in [0.3, 0.4) is 0 Å². The molecule has 0 unspecified atom stereocenters. The number of nitrogen functional groups attached to an aromatic ring is 1. The van der Waals surface area contributed by atoms with E-state index in [1.54, 1.807) is 6.07 Å². The summed E-state index contributed by atoms with van der Waals surface area (Å²) in [6, 6.07) is 3.28. The molecule has 0 bridgehead atoms. The Hall–Kier alpha value is -0.490. The standard InChI is InChI=1S/C12H17BrN2O2.ClH/c13-8-1-2-9(14)12(16)10(8)11(15)7-3-5-17-6-4-7;/h1-2,7,11,16H,3-6,14-15H2;1H/t11-;/m0./s1. The molecule has 1 fully saturated rings. The first-order valence-corrected chi connectivity index (χ1v) is 6.50. The van der Waals surface area contributed by atoms with Crippen molar-refractivity contribution in [3.05, 3.63) is 22.2 Å². The molecule has 0 saturated carbocycles. The number of hydrogen-bond donors (Lipinski definition) is 3. The summed E-state index contributed by atoms with van der Waals surface area (Å²) in [5.74, 6) is 0.422. The zero-order chi connectivity index (χ0) is 12.4. The molecule has 18 heavy (non-hydrogen) atoms. The number of hydrogen-bond acceptors (Lipinski definition) is 4. The summed E-state index contributed by atoms with van der Waals surface area (Å²) in [7, 11) is 0. The van der Waals surface area contributed by atoms with Gasteiger partial charge in [-0.2, -0.15) is 0 Å². The highest BCUT2D eigenvalue weighted by atomic mass is 79.9. The van der Waals surface area contributed by atoms with Crippen LogP contribution in [0.5, 0.6) is 5.75 Å². The van der Waals surface area contributed by atoms with E-state index in [2.05, 4.69) is 15.9 Å². The average molecular weight is 338 g/mol. The molecule has 1 atom stereocenters. The molecule has 1 heterocycles. The van der Waals surface area contributed by atoms with E-state index in [1.165, 1.54) is 0 Å². The maximum atomic E-state index is 10.0. The van der Waals surface area contributed by atoms with Crippen LogP contribution in [-0.4, -0.2) is 18.3 Å². The Bertz CT molecular complexity index is 411. The number of benzene rings is 1. The molecule has 1 aromatic rings. The fraction of sp³-hybridized carbons (Fsp3) is 0.500. The normalized spacial score (nSPS) is 18.1. The Kier molecular flexibility index (Phi) is 5.72. The molecule has 1 aliphatic rings. The maximum Gasteiger partial charge on any atom is 0.144 e. The van der Waals surface area contributed by atoms with Gasteiger partial charge in [0.05, 0.1) is 5.69 Å². The van der Waals surface area contributed by atoms with Gasteiger partial charge in [-0.25, -0.2) is 0 Å². The van der Waals surface area contributed by atoms with Crippen LogP contribution in [0.1, 0.15) is 24.4 Å². The van der Waals surface area contributed by atoms with Crippen LogP contribution in [0.25, 0.3) is 0 Å². The summed E-state index contributed by atoms with van der Waals surface area (Å²) in [4.78, 5) is 0. The third-order valence-electron chi connectivity index (χ3n) is 3.30. The van der Waals surface area contributed by atoms with Gasteiger partial charge in [0, 0.05) is 29.3 Å². The van der Waals surface area contributed by atoms with Crippen LogP contribution in [-0.2, 0) is 4.74 Å². The first-order valence-electron chi connectivity index (χ1n) is 5.71. The summed E-state index contributed by atoms with van der Waals surface area (Å²) in [6.07, 6.45) is 1.84. The number of halogens is 2. The van der Waals surface area contributed by atoms with Gasteiger partial charge in [-0.3, -0.25) is 0 Å². The van der Waals surface area contributed by atoms with E-state index in [0.29, 0.717) is 17.2 Å². The minimum absolute atomic E-state index is 0. The smallest absolute Gasteiger partial charge is 0.144 e. The number of phenolic OH excluding ortho intramolecular Hbond substituents is 1. The molecule has 0 aliphatic carbocycles. The minimum Gasteiger partial charge on any atom is -0.505 e. The van der Waals surface area contributed by atoms with Gasteiger partial charge in [0.25, 0.3) is 0 Å². The number of nitrogens with two attached hydrogens (primary N) is 2. The number of rotatable bonds is 2. The monoisotopic (exact) mass is 336 g/mol. The number of ether oxygens (including phenoxy) is 1. The third kappa shape index (κ3) is 3.09. The minimum atomic E-state index is -0.211. The van der Waals surface area contributed by atoms with E-state index in [9.17, 15) is 5.11 Å². The summed E-state index contributed by atoms with van der Waals surface area (Å²) in [5, 5.41) is 10.0. The molecule has 2 rings (SSSR count). The van der Waals surface area contributed by atoms with Crippen molar-refractivity contribution in [2.45, 2.75) is 18.9 Å². The van der Waals surface area contributed by atoms with Crippen molar-refractivity contribution >= 4 is 34.0 Å². The summed E-state index contributed by atoms with van der Waals surface area (Å²) in [5.41, 5.74) is 13.0. The van der Waals surface area contributed by atoms with Crippen LogP contribution >= 0.6 is 28.3 Å². The lowest BCUT2D eigenvalue weighted by Gasteiger charge is -2.29. The quantitative estimate of drug-likeness (QED) is 0.572. The Morgan fingerprint density at radius 3 is 2.56 bits per heavy atom. The molecule has 1 saturated heterocycles. The molecule has 4 nitrogen and oxygen atoms in total. The topological polar surface area (TPSA) is 81.5 Å². The van der Waals surface area contributed by atoms with Crippen LogP contribution in [0.15, 0.2) is 16.6 Å². The molecule has 0 aromatic heterocycles. The molecule has 102 valence electrons. The molecule has 0 amide bonds. The number of aromatic hydroxyl groups is 1. The molecule has 0 radical (unpaired) electrons. The summed E-state index contributed by atoms with van der Waals surface area (Å²) >= 11 is 3.42. The predicted molar refractivity (Wildman–Crippen MR) is 77.9 cm³/mol. The van der Waals surface area contributed by atoms with E-state index in [4.69, 9.17) is 16.2 Å². The highest BCUT2D eigenvalue weighted by molar-refractivity contribution is 9.10. The predicted octanol–water partition coefficient (Wildman–Crippen LogP) is 2.59. The van der Waals surface area contributed by atoms with Gasteiger partial charge >= 0.3 is 0 Å². The van der Waals surface area contributed by atoms with E-state index < -0.39 is 0 Å². The van der Waals surface area contributed by atoms with Gasteiger partial charge in [-0.15, -0.1) is 12.4 Å². The first-order chi connectivity index (χ1) is 8.11. The van der Waals surface area contributed by atoms with Crippen molar-refractivity contribution in [1.82, 2.24) is 0 Å². The summed E-state index contributed by atoms with van der Waals surface area (Å²) in [6.45, 7) is 1.47. The number of phenols is 1. The number of anilines is 1. The van der Waals surface area contributed by atoms with E-state index in [0.717, 1.165) is 30.5 Å². The highest BCUT2D eigenvalue weighted by Gasteiger charge is 2.26. The van der Waals surface area contributed by atoms with Gasteiger partial charge in [0.2, 0.25) is 0 Å². The van der Waals surface area contributed by atoms with E-state index >= 15 is 0 Å². The zero-order valence-electron chi connectivity index (χ0n) is 9.93. The molecule has 1 aromatic carbocycles. The molecule has 0 spiro atoms. The van der Waals surface area contributed by atoms with E-state index in [-0.39, 0.29) is 24.2 Å². The second-order valence-electron chi connectivity index (χ2n) is 4.37.